The van der Waals surface area contributed by atoms with Gasteiger partial charge in [-0.1, -0.05) is 23.7 Å². The molecule has 0 bridgehead atoms. The summed E-state index contributed by atoms with van der Waals surface area (Å²) in [6, 6.07) is 8.39. The number of hydrogen-bond acceptors (Lipinski definition) is 3. The lowest BCUT2D eigenvalue weighted by Gasteiger charge is -2.07. The van der Waals surface area contributed by atoms with Crippen LogP contribution in [-0.4, -0.2) is 17.4 Å². The van der Waals surface area contributed by atoms with Gasteiger partial charge < -0.3 is 10.6 Å². The van der Waals surface area contributed by atoms with Crippen molar-refractivity contribution in [3.63, 3.8) is 0 Å². The lowest BCUT2D eigenvalue weighted by Crippen LogP contribution is -2.27. The maximum absolute atomic E-state index is 13.2. The number of halogens is 2. The van der Waals surface area contributed by atoms with E-state index >= 15 is 0 Å². The Labute approximate surface area is 133 Å². The molecule has 0 spiro atoms. The van der Waals surface area contributed by atoms with Crippen molar-refractivity contribution in [2.75, 3.05) is 6.54 Å². The van der Waals surface area contributed by atoms with Crippen molar-refractivity contribution >= 4 is 17.5 Å². The Hall–Kier alpha value is -1.98. The monoisotopic (exact) mass is 321 g/mol. The molecule has 0 aliphatic rings. The van der Waals surface area contributed by atoms with Crippen LogP contribution in [0.3, 0.4) is 0 Å². The van der Waals surface area contributed by atoms with Gasteiger partial charge in [0, 0.05) is 38.4 Å². The third kappa shape index (κ3) is 5.42. The molecule has 116 valence electrons. The number of hydrogen-bond donors (Lipinski definition) is 2. The van der Waals surface area contributed by atoms with Crippen LogP contribution in [0.25, 0.3) is 0 Å². The van der Waals surface area contributed by atoms with Crippen LogP contribution in [0.1, 0.15) is 17.5 Å². The van der Waals surface area contributed by atoms with E-state index in [1.165, 1.54) is 12.1 Å². The summed E-state index contributed by atoms with van der Waals surface area (Å²) in [5, 5.41) is 6.02. The Morgan fingerprint density at radius 3 is 2.82 bits per heavy atom. The van der Waals surface area contributed by atoms with Crippen LogP contribution in [0.2, 0.25) is 5.02 Å². The fraction of sp³-hybridized carbons (Fsp3) is 0.250. The number of aromatic nitrogens is 1. The van der Waals surface area contributed by atoms with Crippen LogP contribution in [0.4, 0.5) is 4.39 Å². The molecule has 6 heteroatoms. The summed E-state index contributed by atoms with van der Waals surface area (Å²) in [5.74, 6) is -0.478. The van der Waals surface area contributed by atoms with E-state index in [1.807, 2.05) is 12.1 Å². The fourth-order valence-electron chi connectivity index (χ4n) is 1.88. The quantitative estimate of drug-likeness (QED) is 0.771. The van der Waals surface area contributed by atoms with Crippen LogP contribution >= 0.6 is 11.6 Å². The average Bonchev–Trinajstić information content (AvgIpc) is 2.54. The van der Waals surface area contributed by atoms with E-state index < -0.39 is 5.82 Å². The van der Waals surface area contributed by atoms with Gasteiger partial charge in [-0.15, -0.1) is 0 Å². The summed E-state index contributed by atoms with van der Waals surface area (Å²) in [4.78, 5) is 15.7. The van der Waals surface area contributed by atoms with E-state index in [4.69, 9.17) is 11.6 Å². The first-order valence-corrected chi connectivity index (χ1v) is 7.33. The number of nitrogens with zero attached hydrogens (tertiary/aromatic N) is 1. The van der Waals surface area contributed by atoms with Gasteiger partial charge in [-0.25, -0.2) is 4.39 Å². The number of amides is 1. The third-order valence-corrected chi connectivity index (χ3v) is 3.36. The van der Waals surface area contributed by atoms with E-state index in [1.54, 1.807) is 18.5 Å². The highest BCUT2D eigenvalue weighted by Crippen LogP contribution is 2.15. The molecule has 1 heterocycles. The van der Waals surface area contributed by atoms with Gasteiger partial charge in [0.05, 0.1) is 5.02 Å². The minimum atomic E-state index is -0.435. The Kier molecular flexibility index (Phi) is 6.30. The predicted molar refractivity (Wildman–Crippen MR) is 83.8 cm³/mol. The van der Waals surface area contributed by atoms with E-state index in [9.17, 15) is 9.18 Å². The maximum atomic E-state index is 13.2. The van der Waals surface area contributed by atoms with Gasteiger partial charge in [0.1, 0.15) is 5.82 Å². The summed E-state index contributed by atoms with van der Waals surface area (Å²) in [6.07, 6.45) is 3.76. The van der Waals surface area contributed by atoms with Crippen LogP contribution in [-0.2, 0) is 17.9 Å². The molecule has 0 unspecified atom stereocenters. The molecular weight excluding hydrogens is 305 g/mol. The number of carbonyl (C=O) groups excluding carboxylic acids is 1. The first kappa shape index (κ1) is 16.4. The zero-order chi connectivity index (χ0) is 15.8. The minimum Gasteiger partial charge on any atom is -0.352 e. The molecule has 0 saturated heterocycles. The topological polar surface area (TPSA) is 54.0 Å². The molecule has 2 aromatic rings. The lowest BCUT2D eigenvalue weighted by molar-refractivity contribution is -0.121. The summed E-state index contributed by atoms with van der Waals surface area (Å²) in [5.41, 5.74) is 1.75. The number of pyridine rings is 1. The molecule has 0 aliphatic heterocycles. The Balaban J connectivity index is 1.63. The standard InChI is InChI=1S/C16H17ClFN3O/c17-14-4-3-12(8-15(14)18)9-20-7-5-16(22)21-11-13-2-1-6-19-10-13/h1-4,6,8,10,20H,5,7,9,11H2,(H,21,22). The third-order valence-electron chi connectivity index (χ3n) is 3.05. The molecule has 1 aromatic carbocycles. The van der Waals surface area contributed by atoms with Crippen LogP contribution in [0.15, 0.2) is 42.7 Å². The number of carbonyl (C=O) groups is 1. The minimum absolute atomic E-state index is 0.0429. The van der Waals surface area contributed by atoms with Crippen molar-refractivity contribution in [3.8, 4) is 0 Å². The lowest BCUT2D eigenvalue weighted by atomic mass is 10.2. The first-order chi connectivity index (χ1) is 10.6. The Morgan fingerprint density at radius 1 is 1.23 bits per heavy atom. The van der Waals surface area contributed by atoms with E-state index in [0.717, 1.165) is 11.1 Å². The molecule has 1 aromatic heterocycles. The van der Waals surface area contributed by atoms with Crippen molar-refractivity contribution in [1.29, 1.82) is 0 Å². The number of benzene rings is 1. The molecule has 0 radical (unpaired) electrons. The summed E-state index contributed by atoms with van der Waals surface area (Å²) < 4.78 is 13.2. The van der Waals surface area contributed by atoms with Crippen LogP contribution in [0, 0.1) is 5.82 Å². The van der Waals surface area contributed by atoms with Gasteiger partial charge in [-0.2, -0.15) is 0 Å². The average molecular weight is 322 g/mol. The fourth-order valence-corrected chi connectivity index (χ4v) is 1.99. The van der Waals surface area contributed by atoms with Crippen molar-refractivity contribution in [2.45, 2.75) is 19.5 Å². The maximum Gasteiger partial charge on any atom is 0.221 e. The highest BCUT2D eigenvalue weighted by molar-refractivity contribution is 6.30. The second-order valence-corrected chi connectivity index (χ2v) is 5.22. The molecule has 4 nitrogen and oxygen atoms in total. The van der Waals surface area contributed by atoms with E-state index in [-0.39, 0.29) is 10.9 Å². The predicted octanol–water partition coefficient (Wildman–Crippen LogP) is 2.67. The van der Waals surface area contributed by atoms with Gasteiger partial charge in [-0.3, -0.25) is 9.78 Å². The summed E-state index contributed by atoms with van der Waals surface area (Å²) >= 11 is 5.62. The van der Waals surface area contributed by atoms with Crippen molar-refractivity contribution in [1.82, 2.24) is 15.6 Å². The number of nitrogens with one attached hydrogen (secondary N) is 2. The zero-order valence-corrected chi connectivity index (χ0v) is 12.7. The molecule has 0 fully saturated rings. The summed E-state index contributed by atoms with van der Waals surface area (Å²) in [6.45, 7) is 1.47. The highest BCUT2D eigenvalue weighted by Gasteiger charge is 2.03. The SMILES string of the molecule is O=C(CCNCc1ccc(Cl)c(F)c1)NCc1cccnc1. The van der Waals surface area contributed by atoms with Gasteiger partial charge in [-0.05, 0) is 29.3 Å². The smallest absolute Gasteiger partial charge is 0.221 e. The number of rotatable bonds is 7. The first-order valence-electron chi connectivity index (χ1n) is 6.95. The molecule has 1 amide bonds. The normalized spacial score (nSPS) is 10.5. The molecule has 0 atom stereocenters. The van der Waals surface area contributed by atoms with Gasteiger partial charge in [0.15, 0.2) is 0 Å². The van der Waals surface area contributed by atoms with Crippen LogP contribution in [0.5, 0.6) is 0 Å². The van der Waals surface area contributed by atoms with E-state index in [2.05, 4.69) is 15.6 Å². The molecule has 2 rings (SSSR count). The van der Waals surface area contributed by atoms with Crippen molar-refractivity contribution < 1.29 is 9.18 Å². The zero-order valence-electron chi connectivity index (χ0n) is 12.0. The molecule has 0 saturated carbocycles. The summed E-state index contributed by atoms with van der Waals surface area (Å²) in [7, 11) is 0. The van der Waals surface area contributed by atoms with Crippen molar-refractivity contribution in [3.05, 3.63) is 64.7 Å². The molecular formula is C16H17ClFN3O. The highest BCUT2D eigenvalue weighted by atomic mass is 35.5. The van der Waals surface area contributed by atoms with Crippen LogP contribution < -0.4 is 10.6 Å². The van der Waals surface area contributed by atoms with E-state index in [0.29, 0.717) is 26.1 Å². The van der Waals surface area contributed by atoms with Gasteiger partial charge in [0.2, 0.25) is 5.91 Å². The van der Waals surface area contributed by atoms with Gasteiger partial charge >= 0.3 is 0 Å². The largest absolute Gasteiger partial charge is 0.352 e. The second kappa shape index (κ2) is 8.46. The Morgan fingerprint density at radius 2 is 2.09 bits per heavy atom. The molecule has 2 N–H and O–H groups in total. The second-order valence-electron chi connectivity index (χ2n) is 4.81. The molecule has 22 heavy (non-hydrogen) atoms. The van der Waals surface area contributed by atoms with Crippen molar-refractivity contribution in [2.24, 2.45) is 0 Å². The van der Waals surface area contributed by atoms with Gasteiger partial charge in [0.25, 0.3) is 0 Å². The molecule has 0 aliphatic carbocycles. The Bertz CT molecular complexity index is 622.